The Morgan fingerprint density at radius 3 is 2.65 bits per heavy atom. The Kier molecular flexibility index (Phi) is 3.59. The van der Waals surface area contributed by atoms with E-state index < -0.39 is 5.24 Å². The maximum absolute atomic E-state index is 11.5. The summed E-state index contributed by atoms with van der Waals surface area (Å²) in [6, 6.07) is 9.56. The van der Waals surface area contributed by atoms with Gasteiger partial charge >= 0.3 is 0 Å². The van der Waals surface area contributed by atoms with Crippen molar-refractivity contribution in [3.05, 3.63) is 41.6 Å². The van der Waals surface area contributed by atoms with Gasteiger partial charge in [0.25, 0.3) is 5.24 Å². The van der Waals surface area contributed by atoms with Crippen molar-refractivity contribution >= 4 is 16.8 Å². The van der Waals surface area contributed by atoms with E-state index in [1.165, 1.54) is 0 Å². The molecule has 0 aliphatic carbocycles. The number of aromatic amines is 1. The van der Waals surface area contributed by atoms with Gasteiger partial charge in [-0.1, -0.05) is 43.7 Å². The first-order valence-corrected chi connectivity index (χ1v) is 5.94. The van der Waals surface area contributed by atoms with Crippen molar-refractivity contribution in [2.24, 2.45) is 0 Å². The van der Waals surface area contributed by atoms with Crippen molar-refractivity contribution in [1.29, 1.82) is 0 Å². The maximum atomic E-state index is 11.5. The van der Waals surface area contributed by atoms with Crippen molar-refractivity contribution in [2.75, 3.05) is 0 Å². The Labute approximate surface area is 105 Å². The van der Waals surface area contributed by atoms with Crippen molar-refractivity contribution in [1.82, 2.24) is 10.2 Å². The number of nitrogens with zero attached hydrogens (tertiary/aromatic N) is 1. The van der Waals surface area contributed by atoms with Gasteiger partial charge in [-0.2, -0.15) is 5.10 Å². The first kappa shape index (κ1) is 11.9. The van der Waals surface area contributed by atoms with Crippen LogP contribution in [0.4, 0.5) is 0 Å². The van der Waals surface area contributed by atoms with Crippen LogP contribution in [0.15, 0.2) is 30.3 Å². The molecule has 88 valence electrons. The molecule has 0 amide bonds. The zero-order valence-corrected chi connectivity index (χ0v) is 10.3. The summed E-state index contributed by atoms with van der Waals surface area (Å²) in [4.78, 5) is 11.5. The van der Waals surface area contributed by atoms with Crippen molar-refractivity contribution in [3.8, 4) is 11.3 Å². The fourth-order valence-corrected chi connectivity index (χ4v) is 2.03. The Morgan fingerprint density at radius 1 is 1.35 bits per heavy atom. The number of nitrogens with one attached hydrogen (secondary N) is 1. The van der Waals surface area contributed by atoms with E-state index in [1.807, 2.05) is 37.3 Å². The molecule has 1 aromatic heterocycles. The summed E-state index contributed by atoms with van der Waals surface area (Å²) in [5.74, 6) is 0. The molecule has 0 radical (unpaired) electrons. The van der Waals surface area contributed by atoms with E-state index in [2.05, 4.69) is 10.2 Å². The summed E-state index contributed by atoms with van der Waals surface area (Å²) in [6.45, 7) is 2.05. The molecule has 0 fully saturated rings. The number of aryl methyl sites for hydroxylation is 1. The molecular weight excluding hydrogens is 236 g/mol. The van der Waals surface area contributed by atoms with Gasteiger partial charge in [0, 0.05) is 11.3 Å². The highest BCUT2D eigenvalue weighted by Crippen LogP contribution is 2.25. The van der Waals surface area contributed by atoms with E-state index in [-0.39, 0.29) is 0 Å². The van der Waals surface area contributed by atoms with Gasteiger partial charge in [0.15, 0.2) is 0 Å². The average Bonchev–Trinajstić information content (AvgIpc) is 2.74. The molecule has 2 rings (SSSR count). The molecule has 3 nitrogen and oxygen atoms in total. The second-order valence-electron chi connectivity index (χ2n) is 3.82. The lowest BCUT2D eigenvalue weighted by atomic mass is 10.0. The largest absolute Gasteiger partial charge is 0.281 e. The quantitative estimate of drug-likeness (QED) is 0.843. The van der Waals surface area contributed by atoms with E-state index in [0.717, 1.165) is 24.1 Å². The lowest BCUT2D eigenvalue weighted by Crippen LogP contribution is -1.96. The molecule has 0 aliphatic heterocycles. The summed E-state index contributed by atoms with van der Waals surface area (Å²) >= 11 is 5.64. The van der Waals surface area contributed by atoms with Gasteiger partial charge in [-0.25, -0.2) is 0 Å². The number of hydrogen-bond acceptors (Lipinski definition) is 2. The second kappa shape index (κ2) is 5.15. The van der Waals surface area contributed by atoms with Gasteiger partial charge in [-0.3, -0.25) is 9.89 Å². The molecular formula is C13H13ClN2O. The number of H-pyrrole nitrogens is 1. The van der Waals surface area contributed by atoms with Crippen LogP contribution in [-0.4, -0.2) is 15.4 Å². The highest BCUT2D eigenvalue weighted by molar-refractivity contribution is 6.68. The first-order valence-electron chi connectivity index (χ1n) is 5.56. The minimum absolute atomic E-state index is 0.457. The summed E-state index contributed by atoms with van der Waals surface area (Å²) in [5.41, 5.74) is 2.84. The van der Waals surface area contributed by atoms with Crippen LogP contribution in [-0.2, 0) is 6.42 Å². The smallest absolute Gasteiger partial charge is 0.256 e. The molecule has 2 aromatic rings. The molecule has 0 atom stereocenters. The lowest BCUT2D eigenvalue weighted by molar-refractivity contribution is 0.108. The number of aromatic nitrogens is 2. The van der Waals surface area contributed by atoms with Crippen molar-refractivity contribution in [2.45, 2.75) is 19.8 Å². The van der Waals surface area contributed by atoms with Crippen LogP contribution in [0.5, 0.6) is 0 Å². The topological polar surface area (TPSA) is 45.8 Å². The number of benzene rings is 1. The summed E-state index contributed by atoms with van der Waals surface area (Å²) < 4.78 is 0. The van der Waals surface area contributed by atoms with Crippen LogP contribution < -0.4 is 0 Å². The molecule has 1 heterocycles. The lowest BCUT2D eigenvalue weighted by Gasteiger charge is -2.00. The molecule has 1 N–H and O–H groups in total. The van der Waals surface area contributed by atoms with Crippen LogP contribution in [0, 0.1) is 0 Å². The first-order chi connectivity index (χ1) is 8.24. The van der Waals surface area contributed by atoms with Gasteiger partial charge in [-0.05, 0) is 18.0 Å². The Balaban J connectivity index is 2.52. The molecule has 17 heavy (non-hydrogen) atoms. The summed E-state index contributed by atoms with van der Waals surface area (Å²) in [7, 11) is 0. The van der Waals surface area contributed by atoms with Crippen LogP contribution >= 0.6 is 11.6 Å². The third kappa shape index (κ3) is 2.39. The minimum atomic E-state index is -0.457. The molecule has 0 unspecified atom stereocenters. The number of carbonyl (C=O) groups is 1. The number of carbonyl (C=O) groups excluding carboxylic acids is 1. The summed E-state index contributed by atoms with van der Waals surface area (Å²) in [6.07, 6.45) is 1.71. The molecule has 1 aromatic carbocycles. The van der Waals surface area contributed by atoms with Crippen LogP contribution in [0.1, 0.15) is 29.4 Å². The van der Waals surface area contributed by atoms with E-state index in [1.54, 1.807) is 0 Å². The van der Waals surface area contributed by atoms with Gasteiger partial charge in [0.1, 0.15) is 5.69 Å². The highest BCUT2D eigenvalue weighted by atomic mass is 35.5. The normalized spacial score (nSPS) is 10.5. The predicted octanol–water partition coefficient (Wildman–Crippen LogP) is 3.41. The average molecular weight is 249 g/mol. The van der Waals surface area contributed by atoms with E-state index >= 15 is 0 Å². The Bertz CT molecular complexity index is 519. The fraction of sp³-hybridized carbons (Fsp3) is 0.231. The van der Waals surface area contributed by atoms with E-state index in [9.17, 15) is 4.79 Å². The zero-order chi connectivity index (χ0) is 12.3. The molecule has 0 aliphatic rings. The summed E-state index contributed by atoms with van der Waals surface area (Å²) in [5, 5.41) is 6.64. The predicted molar refractivity (Wildman–Crippen MR) is 68.2 cm³/mol. The van der Waals surface area contributed by atoms with Crippen molar-refractivity contribution in [3.63, 3.8) is 0 Å². The minimum Gasteiger partial charge on any atom is -0.281 e. The molecule has 0 saturated heterocycles. The molecule has 0 bridgehead atoms. The fourth-order valence-electron chi connectivity index (χ4n) is 1.83. The molecule has 4 heteroatoms. The number of hydrogen-bond donors (Lipinski definition) is 1. The maximum Gasteiger partial charge on any atom is 0.256 e. The Hall–Kier alpha value is -1.61. The Morgan fingerprint density at radius 2 is 2.06 bits per heavy atom. The number of rotatable bonds is 4. The van der Waals surface area contributed by atoms with Crippen LogP contribution in [0.2, 0.25) is 0 Å². The van der Waals surface area contributed by atoms with Gasteiger partial charge in [0.2, 0.25) is 0 Å². The van der Waals surface area contributed by atoms with Gasteiger partial charge in [-0.15, -0.1) is 0 Å². The van der Waals surface area contributed by atoms with Gasteiger partial charge < -0.3 is 0 Å². The molecule has 0 saturated carbocycles. The van der Waals surface area contributed by atoms with Crippen LogP contribution in [0.25, 0.3) is 11.3 Å². The van der Waals surface area contributed by atoms with E-state index in [0.29, 0.717) is 11.3 Å². The van der Waals surface area contributed by atoms with E-state index in [4.69, 9.17) is 11.6 Å². The zero-order valence-electron chi connectivity index (χ0n) is 9.53. The standard InChI is InChI=1S/C13H13ClN2O/c1-2-6-10-11(13(14)17)12(16-15-10)9-7-4-3-5-8-9/h3-5,7-8H,2,6H2,1H3,(H,15,16). The van der Waals surface area contributed by atoms with Crippen LogP contribution in [0.3, 0.4) is 0 Å². The van der Waals surface area contributed by atoms with Crippen molar-refractivity contribution < 1.29 is 4.79 Å². The SMILES string of the molecule is CCCc1[nH]nc(-c2ccccc2)c1C(=O)Cl. The third-order valence-electron chi connectivity index (χ3n) is 2.59. The van der Waals surface area contributed by atoms with Gasteiger partial charge in [0.05, 0.1) is 5.56 Å². The monoisotopic (exact) mass is 248 g/mol. The molecule has 0 spiro atoms. The second-order valence-corrected chi connectivity index (χ2v) is 4.16. The number of halogens is 1. The third-order valence-corrected chi connectivity index (χ3v) is 2.77. The highest BCUT2D eigenvalue weighted by Gasteiger charge is 2.19.